The third-order valence-electron chi connectivity index (χ3n) is 6.61. The summed E-state index contributed by atoms with van der Waals surface area (Å²) in [6, 6.07) is 20.5. The van der Waals surface area contributed by atoms with Gasteiger partial charge in [0.25, 0.3) is 0 Å². The lowest BCUT2D eigenvalue weighted by molar-refractivity contribution is -0.274. The van der Waals surface area contributed by atoms with Crippen molar-refractivity contribution in [2.45, 2.75) is 83.8 Å². The third kappa shape index (κ3) is 8.75. The second kappa shape index (κ2) is 14.9. The molecule has 7 nitrogen and oxygen atoms in total. The summed E-state index contributed by atoms with van der Waals surface area (Å²) in [6.07, 6.45) is -4.72. The molecule has 0 bridgehead atoms. The first-order valence-corrected chi connectivity index (χ1v) is 16.0. The van der Waals surface area contributed by atoms with Gasteiger partial charge in [-0.3, -0.25) is 0 Å². The normalized spacial score (nSPS) is 17.6. The number of benzene rings is 3. The molecule has 1 amide bonds. The fraction of sp³-hybridized carbons (Fsp3) is 0.424. The summed E-state index contributed by atoms with van der Waals surface area (Å²) in [4.78, 5) is 15.1. The largest absolute Gasteiger partial charge is 0.573 e. The van der Waals surface area contributed by atoms with E-state index in [2.05, 4.69) is 26.2 Å². The number of halogens is 3. The molecule has 0 aliphatic carbocycles. The first kappa shape index (κ1) is 34.9. The van der Waals surface area contributed by atoms with E-state index in [1.165, 1.54) is 12.1 Å². The number of hydrogen-bond donors (Lipinski definition) is 1. The second-order valence-corrected chi connectivity index (χ2v) is 12.0. The number of carbonyl (C=O) groups excluding carboxylic acids is 1. The summed E-state index contributed by atoms with van der Waals surface area (Å²) in [7, 11) is -1.75. The standard InChI is InChI=1S/C29H30F3N3O4S.2C2H6/c1-28(2,3)39-27(36)34-17-19(33-40(37)22-14-12-21(13-15-22)38-29(30,31)32)16-20(18-34)35-25-10-6-4-8-23(25)24-9-5-7-11-26(24)35;2*1-2/h4-15,19-20,33H,16-18H2,1-3H3;2*1-2H3/t19-,20?,40?;;/m1../s1. The van der Waals surface area contributed by atoms with Gasteiger partial charge in [0.15, 0.2) is 0 Å². The maximum Gasteiger partial charge on any atom is 0.573 e. The van der Waals surface area contributed by atoms with Crippen molar-refractivity contribution < 1.29 is 31.6 Å². The Kier molecular flexibility index (Phi) is 11.9. The Balaban J connectivity index is 0.00000127. The fourth-order valence-corrected chi connectivity index (χ4v) is 6.14. The molecule has 2 heterocycles. The lowest BCUT2D eigenvalue weighted by Gasteiger charge is -2.39. The Bertz CT molecular complexity index is 1490. The van der Waals surface area contributed by atoms with Crippen molar-refractivity contribution in [2.24, 2.45) is 0 Å². The Morgan fingerprint density at radius 3 is 1.86 bits per heavy atom. The van der Waals surface area contributed by atoms with Crippen molar-refractivity contribution in [3.63, 3.8) is 0 Å². The molecule has 3 aromatic carbocycles. The predicted octanol–water partition coefficient (Wildman–Crippen LogP) is 8.61. The van der Waals surface area contributed by atoms with Crippen LogP contribution in [-0.4, -0.2) is 50.9 Å². The Morgan fingerprint density at radius 2 is 1.36 bits per heavy atom. The van der Waals surface area contributed by atoms with Crippen LogP contribution in [0.4, 0.5) is 18.0 Å². The maximum absolute atomic E-state index is 13.2. The van der Waals surface area contributed by atoms with E-state index in [-0.39, 0.29) is 17.5 Å². The molecule has 4 aromatic rings. The van der Waals surface area contributed by atoms with Crippen LogP contribution < -0.4 is 9.46 Å². The highest BCUT2D eigenvalue weighted by atomic mass is 32.2. The van der Waals surface area contributed by atoms with Gasteiger partial charge in [-0.25, -0.2) is 13.7 Å². The SMILES string of the molecule is CC.CC.CC(C)(C)OC(=O)N1CC(n2c3ccccc3c3ccccc32)C[C@@H](NS(=O)c2ccc(OC(F)(F)F)cc2)C1. The summed E-state index contributed by atoms with van der Waals surface area (Å²) in [6.45, 7) is 14.1. The van der Waals surface area contributed by atoms with Gasteiger partial charge in [-0.15, -0.1) is 13.2 Å². The van der Waals surface area contributed by atoms with E-state index < -0.39 is 40.8 Å². The van der Waals surface area contributed by atoms with Gasteiger partial charge in [0.1, 0.15) is 22.3 Å². The van der Waals surface area contributed by atoms with E-state index >= 15 is 0 Å². The minimum atomic E-state index is -4.81. The second-order valence-electron chi connectivity index (χ2n) is 10.8. The van der Waals surface area contributed by atoms with Gasteiger partial charge in [0, 0.05) is 40.9 Å². The number of fused-ring (bicyclic) bond motifs is 3. The van der Waals surface area contributed by atoms with Crippen LogP contribution >= 0.6 is 0 Å². The number of nitrogens with one attached hydrogen (secondary N) is 1. The number of hydrogen-bond acceptors (Lipinski definition) is 4. The fourth-order valence-electron chi connectivity index (χ4n) is 5.15. The van der Waals surface area contributed by atoms with Gasteiger partial charge in [0.2, 0.25) is 0 Å². The topological polar surface area (TPSA) is 72.8 Å². The van der Waals surface area contributed by atoms with E-state index in [0.717, 1.165) is 33.9 Å². The van der Waals surface area contributed by atoms with Gasteiger partial charge in [0.05, 0.1) is 10.9 Å². The average Bonchev–Trinajstić information content (AvgIpc) is 3.32. The molecule has 0 saturated carbocycles. The van der Waals surface area contributed by atoms with Gasteiger partial charge in [-0.05, 0) is 63.6 Å². The Labute approximate surface area is 259 Å². The quantitative estimate of drug-likeness (QED) is 0.239. The highest BCUT2D eigenvalue weighted by molar-refractivity contribution is 7.83. The van der Waals surface area contributed by atoms with E-state index in [9.17, 15) is 22.2 Å². The molecule has 1 fully saturated rings. The minimum Gasteiger partial charge on any atom is -0.444 e. The molecule has 3 atom stereocenters. The maximum atomic E-state index is 13.2. The molecule has 2 unspecified atom stereocenters. The monoisotopic (exact) mass is 633 g/mol. The molecule has 44 heavy (non-hydrogen) atoms. The molecule has 1 aromatic heterocycles. The van der Waals surface area contributed by atoms with Crippen LogP contribution in [0, 0.1) is 0 Å². The number of rotatable bonds is 5. The van der Waals surface area contributed by atoms with Crippen molar-refractivity contribution in [3.8, 4) is 5.75 Å². The smallest absolute Gasteiger partial charge is 0.444 e. The Morgan fingerprint density at radius 1 is 0.841 bits per heavy atom. The number of likely N-dealkylation sites (tertiary alicyclic amines) is 1. The highest BCUT2D eigenvalue weighted by Gasteiger charge is 2.35. The summed E-state index contributed by atoms with van der Waals surface area (Å²) >= 11 is 0. The van der Waals surface area contributed by atoms with Crippen molar-refractivity contribution in [1.29, 1.82) is 0 Å². The van der Waals surface area contributed by atoms with Crippen molar-refractivity contribution >= 4 is 38.9 Å². The van der Waals surface area contributed by atoms with Gasteiger partial charge >= 0.3 is 12.5 Å². The number of aromatic nitrogens is 1. The van der Waals surface area contributed by atoms with Crippen LogP contribution in [0.2, 0.25) is 0 Å². The molecule has 240 valence electrons. The summed E-state index contributed by atoms with van der Waals surface area (Å²) in [5.41, 5.74) is 1.36. The first-order chi connectivity index (χ1) is 20.9. The number of nitrogens with zero attached hydrogens (tertiary/aromatic N) is 2. The lowest BCUT2D eigenvalue weighted by atomic mass is 10.0. The van der Waals surface area contributed by atoms with Gasteiger partial charge in [-0.2, -0.15) is 0 Å². The van der Waals surface area contributed by atoms with E-state index in [4.69, 9.17) is 4.74 Å². The third-order valence-corrected chi connectivity index (χ3v) is 7.86. The number of carbonyl (C=O) groups is 1. The molecular formula is C33H42F3N3O4S. The molecule has 0 radical (unpaired) electrons. The molecule has 1 N–H and O–H groups in total. The van der Waals surface area contributed by atoms with Crippen LogP contribution in [0.25, 0.3) is 21.8 Å². The number of piperidine rings is 1. The minimum absolute atomic E-state index is 0.164. The Hall–Kier alpha value is -3.57. The molecule has 5 rings (SSSR count). The predicted molar refractivity (Wildman–Crippen MR) is 170 cm³/mol. The first-order valence-electron chi connectivity index (χ1n) is 14.9. The molecule has 1 saturated heterocycles. The summed E-state index contributed by atoms with van der Waals surface area (Å²) in [5, 5.41) is 2.20. The van der Waals surface area contributed by atoms with Crippen LogP contribution in [0.1, 0.15) is 60.9 Å². The van der Waals surface area contributed by atoms with Gasteiger partial charge in [-0.1, -0.05) is 64.1 Å². The van der Waals surface area contributed by atoms with Crippen LogP contribution in [0.15, 0.2) is 77.7 Å². The van der Waals surface area contributed by atoms with Crippen LogP contribution in [0.3, 0.4) is 0 Å². The number of ether oxygens (including phenoxy) is 2. The summed E-state index contributed by atoms with van der Waals surface area (Å²) < 4.78 is 65.7. The van der Waals surface area contributed by atoms with E-state index in [0.29, 0.717) is 13.0 Å². The zero-order valence-electron chi connectivity index (χ0n) is 26.3. The van der Waals surface area contributed by atoms with Crippen LogP contribution in [-0.2, 0) is 15.7 Å². The van der Waals surface area contributed by atoms with Gasteiger partial charge < -0.3 is 18.9 Å². The number of amides is 1. The van der Waals surface area contributed by atoms with Crippen molar-refractivity contribution in [2.75, 3.05) is 13.1 Å². The molecule has 0 spiro atoms. The highest BCUT2D eigenvalue weighted by Crippen LogP contribution is 2.35. The number of alkyl halides is 3. The number of para-hydroxylation sites is 2. The lowest BCUT2D eigenvalue weighted by Crippen LogP contribution is -2.52. The molecule has 1 aliphatic heterocycles. The van der Waals surface area contributed by atoms with Crippen molar-refractivity contribution in [1.82, 2.24) is 14.2 Å². The van der Waals surface area contributed by atoms with Crippen molar-refractivity contribution in [3.05, 3.63) is 72.8 Å². The molecule has 11 heteroatoms. The zero-order chi connectivity index (χ0) is 32.7. The van der Waals surface area contributed by atoms with E-state index in [1.54, 1.807) is 25.7 Å². The van der Waals surface area contributed by atoms with Crippen LogP contribution in [0.5, 0.6) is 5.75 Å². The molecular weight excluding hydrogens is 591 g/mol. The average molecular weight is 634 g/mol. The summed E-state index contributed by atoms with van der Waals surface area (Å²) in [5.74, 6) is -0.395. The van der Waals surface area contributed by atoms with E-state index in [1.807, 2.05) is 64.1 Å². The zero-order valence-corrected chi connectivity index (χ0v) is 27.1. The molecule has 1 aliphatic rings.